The number of benzene rings is 3. The molecule has 4 aromatic rings. The number of hydrogen-bond acceptors (Lipinski definition) is 16. The summed E-state index contributed by atoms with van der Waals surface area (Å²) in [7, 11) is 2.78. The van der Waals surface area contributed by atoms with Crippen LogP contribution in [0.5, 0.6) is 5.75 Å². The third kappa shape index (κ3) is 21.4. The number of ketones is 3. The lowest BCUT2D eigenvalue weighted by molar-refractivity contribution is -0.142. The van der Waals surface area contributed by atoms with E-state index in [2.05, 4.69) is 41.9 Å². The number of carbonyl (C=O) groups is 11. The van der Waals surface area contributed by atoms with Crippen LogP contribution < -0.4 is 49.1 Å². The van der Waals surface area contributed by atoms with Gasteiger partial charge in [0.25, 0.3) is 0 Å². The van der Waals surface area contributed by atoms with E-state index in [0.717, 1.165) is 21.4 Å². The molecule has 0 radical (unpaired) electrons. The van der Waals surface area contributed by atoms with Crippen molar-refractivity contribution in [3.63, 3.8) is 0 Å². The number of fused-ring (bicyclic) bond motifs is 1. The first kappa shape index (κ1) is 68.7. The van der Waals surface area contributed by atoms with Crippen LogP contribution in [0.25, 0.3) is 10.9 Å². The monoisotopic (exact) mass is 1210 g/mol. The zero-order valence-electron chi connectivity index (χ0n) is 49.1. The molecule has 0 saturated carbocycles. The fourth-order valence-corrected chi connectivity index (χ4v) is 10.2. The van der Waals surface area contributed by atoms with E-state index in [1.54, 1.807) is 36.5 Å². The SMILES string of the molecule is CN=C(N)NCCC[C@H](CC(=O)[C@H](COC)NC(=O)CCC(=O)[C@H](Cc1ccccc1)NC(=O)[C@@H](CC(=O)[C@H](CC(N)=O)NC(=O)[C@@H]1C[C@@H](O)CN1C(=O)[C@@H](Cc1ccc(O)cc1)NC(C)=O)[C@@H](C)O)C(=O)N[C@@H](Cc1c[nH]c2ccccc12)C(N)=O. The van der Waals surface area contributed by atoms with Crippen molar-refractivity contribution < 1.29 is 72.8 Å². The van der Waals surface area contributed by atoms with Crippen LogP contribution in [0.2, 0.25) is 0 Å². The third-order valence-corrected chi connectivity index (χ3v) is 14.9. The lowest BCUT2D eigenvalue weighted by Crippen LogP contribution is -2.56. The molecule has 10 atom stereocenters. The maximum absolute atomic E-state index is 14.2. The predicted octanol–water partition coefficient (Wildman–Crippen LogP) is -1.49. The second-order valence-corrected chi connectivity index (χ2v) is 21.6. The van der Waals surface area contributed by atoms with Crippen LogP contribution in [0.4, 0.5) is 0 Å². The molecule has 1 saturated heterocycles. The summed E-state index contributed by atoms with van der Waals surface area (Å²) in [6.07, 6.45) is -4.07. The number of aromatic nitrogens is 1. The molecule has 5 rings (SSSR count). The number of hydrogen-bond donors (Lipinski definition) is 13. The van der Waals surface area contributed by atoms with E-state index >= 15 is 0 Å². The van der Waals surface area contributed by atoms with E-state index in [4.69, 9.17) is 21.9 Å². The number of aliphatic imine (C=N–C) groups is 1. The van der Waals surface area contributed by atoms with Gasteiger partial charge >= 0.3 is 0 Å². The number of likely N-dealkylation sites (tertiary alicyclic amines) is 1. The summed E-state index contributed by atoms with van der Waals surface area (Å²) >= 11 is 0. The lowest BCUT2D eigenvalue weighted by Gasteiger charge is -2.30. The molecule has 3 aromatic carbocycles. The Hall–Kier alpha value is -9.08. The maximum Gasteiger partial charge on any atom is 0.246 e. The lowest BCUT2D eigenvalue weighted by atomic mass is 9.91. The molecule has 27 heteroatoms. The van der Waals surface area contributed by atoms with Gasteiger partial charge in [-0.1, -0.05) is 60.7 Å². The largest absolute Gasteiger partial charge is 0.508 e. The van der Waals surface area contributed by atoms with Gasteiger partial charge in [-0.25, -0.2) is 0 Å². The Labute approximate surface area is 502 Å². The van der Waals surface area contributed by atoms with Crippen LogP contribution in [-0.4, -0.2) is 178 Å². The highest BCUT2D eigenvalue weighted by Crippen LogP contribution is 2.24. The minimum Gasteiger partial charge on any atom is -0.508 e. The number of methoxy groups -OCH3 is 1. The van der Waals surface area contributed by atoms with E-state index in [-0.39, 0.29) is 63.5 Å². The van der Waals surface area contributed by atoms with Crippen molar-refractivity contribution in [2.75, 3.05) is 33.9 Å². The number of aliphatic hydroxyl groups is 2. The van der Waals surface area contributed by atoms with Crippen LogP contribution in [-0.2, 0) is 76.7 Å². The van der Waals surface area contributed by atoms with E-state index < -0.39 is 157 Å². The van der Waals surface area contributed by atoms with Gasteiger partial charge in [-0.2, -0.15) is 0 Å². The number of aromatic amines is 1. The number of nitrogens with two attached hydrogens (primary N) is 3. The number of para-hydroxylation sites is 1. The molecule has 1 aromatic heterocycles. The van der Waals surface area contributed by atoms with Crippen molar-refractivity contribution in [2.24, 2.45) is 34.0 Å². The molecule has 87 heavy (non-hydrogen) atoms. The Morgan fingerprint density at radius 1 is 0.724 bits per heavy atom. The topological polar surface area (TPSA) is 439 Å². The molecule has 2 heterocycles. The number of Topliss-reactive ketones (excluding diaryl/α,β-unsaturated/α-hetero) is 3. The van der Waals surface area contributed by atoms with Gasteiger partial charge in [0.05, 0.1) is 43.2 Å². The molecule has 16 N–H and O–H groups in total. The summed E-state index contributed by atoms with van der Waals surface area (Å²) in [6, 6.07) is 13.5. The number of H-pyrrole nitrogens is 1. The molecule has 0 aliphatic carbocycles. The number of rotatable bonds is 35. The number of ether oxygens (including phenoxy) is 1. The predicted molar refractivity (Wildman–Crippen MR) is 317 cm³/mol. The molecule has 8 amide bonds. The van der Waals surface area contributed by atoms with Crippen LogP contribution in [0.1, 0.15) is 81.9 Å². The van der Waals surface area contributed by atoms with E-state index in [9.17, 15) is 68.1 Å². The summed E-state index contributed by atoms with van der Waals surface area (Å²) in [5, 5.41) is 48.0. The highest BCUT2D eigenvalue weighted by Gasteiger charge is 2.43. The average molecular weight is 1210 g/mol. The molecule has 0 spiro atoms. The van der Waals surface area contributed by atoms with Gasteiger partial charge in [0.2, 0.25) is 47.3 Å². The zero-order valence-corrected chi connectivity index (χ0v) is 49.1. The summed E-state index contributed by atoms with van der Waals surface area (Å²) in [5.41, 5.74) is 19.7. The van der Waals surface area contributed by atoms with Crippen LogP contribution in [0.15, 0.2) is 90.1 Å². The van der Waals surface area contributed by atoms with Crippen molar-refractivity contribution in [3.05, 3.63) is 102 Å². The van der Waals surface area contributed by atoms with Gasteiger partial charge in [-0.15, -0.1) is 0 Å². The molecule has 1 fully saturated rings. The number of aliphatic hydroxyl groups excluding tert-OH is 2. The number of phenolic OH excluding ortho intramolecular Hbond substituents is 1. The molecular weight excluding hydrogens is 1130 g/mol. The molecule has 470 valence electrons. The first-order valence-corrected chi connectivity index (χ1v) is 28.5. The number of amides is 8. The van der Waals surface area contributed by atoms with Gasteiger partial charge in [-0.05, 0) is 61.1 Å². The number of primary amides is 2. The summed E-state index contributed by atoms with van der Waals surface area (Å²) < 4.78 is 5.29. The Balaban J connectivity index is 1.26. The quantitative estimate of drug-likeness (QED) is 0.0142. The Bertz CT molecular complexity index is 3100. The van der Waals surface area contributed by atoms with E-state index in [1.807, 2.05) is 24.3 Å². The minimum absolute atomic E-state index is 0.0405. The van der Waals surface area contributed by atoms with Gasteiger partial charge in [-0.3, -0.25) is 57.7 Å². The summed E-state index contributed by atoms with van der Waals surface area (Å²) in [6.45, 7) is 2.00. The van der Waals surface area contributed by atoms with Gasteiger partial charge in [0, 0.05) is 102 Å². The maximum atomic E-state index is 14.2. The Morgan fingerprint density at radius 2 is 1.37 bits per heavy atom. The normalized spacial score (nSPS) is 16.8. The summed E-state index contributed by atoms with van der Waals surface area (Å²) in [4.78, 5) is 157. The van der Waals surface area contributed by atoms with Gasteiger partial charge in [0.15, 0.2) is 23.3 Å². The third-order valence-electron chi connectivity index (χ3n) is 14.9. The molecule has 0 unspecified atom stereocenters. The number of aromatic hydroxyl groups is 1. The standard InChI is InChI=1S/C60H80N12O15/c1-33(73)42(28-52(79)45(29-53(61)80)70-58(85)49-27-40(76)31-72(49)59(86)47(67-34(2)74)24-36-16-18-39(75)19-17-36)57(84)69-44(23-35-11-6-5-7-12-35)50(77)20-21-54(81)68-48(32-87-4)51(78)26-37(13-10-22-65-60(63)64-3)56(83)71-46(55(62)82)25-38-30-66-43-15-9-8-14-41(38)43/h5-9,11-12,14-19,30,33,37,40,42,44-49,66,73,75-76H,10,13,20-29,31-32H2,1-4H3,(H2,61,80)(H2,62,82)(H,67,74)(H,68,81)(H,69,84)(H,70,85)(H,71,83)(H3,63,64,65)/t33-,37-,40-,42+,44+,45+,46+,47-,48+,49+/m1/s1. The molecule has 1 aliphatic rings. The smallest absolute Gasteiger partial charge is 0.246 e. The summed E-state index contributed by atoms with van der Waals surface area (Å²) in [5.74, 6) is -11.3. The average Bonchev–Trinajstić information content (AvgIpc) is 2.72. The zero-order chi connectivity index (χ0) is 63.9. The fraction of sp³-hybridized carbons (Fsp3) is 0.467. The van der Waals surface area contributed by atoms with Crippen LogP contribution >= 0.6 is 0 Å². The fourth-order valence-electron chi connectivity index (χ4n) is 10.2. The molecule has 27 nitrogen and oxygen atoms in total. The number of β-amino-alcohol motifs (C(OH)–C–C–N with tert-alkyl or cyclic N) is 1. The van der Waals surface area contributed by atoms with Crippen molar-refractivity contribution in [1.29, 1.82) is 0 Å². The van der Waals surface area contributed by atoms with Gasteiger partial charge < -0.3 is 79.0 Å². The number of phenols is 1. The number of nitrogens with zero attached hydrogens (tertiary/aromatic N) is 2. The Kier molecular flexibility index (Phi) is 26.5. The van der Waals surface area contributed by atoms with E-state index in [1.165, 1.54) is 52.3 Å². The van der Waals surface area contributed by atoms with Crippen LogP contribution in [0, 0.1) is 11.8 Å². The van der Waals surface area contributed by atoms with Gasteiger partial charge in [0.1, 0.15) is 29.9 Å². The number of nitrogens with one attached hydrogen (secondary N) is 7. The minimum atomic E-state index is -1.71. The molecular formula is C60H80N12O15. The Morgan fingerprint density at radius 3 is 2.01 bits per heavy atom. The highest BCUT2D eigenvalue weighted by molar-refractivity contribution is 6.00. The second kappa shape index (κ2) is 33.6. The second-order valence-electron chi connectivity index (χ2n) is 21.6. The first-order chi connectivity index (χ1) is 41.4. The molecule has 1 aliphatic heterocycles. The van der Waals surface area contributed by atoms with Crippen LogP contribution in [0.3, 0.4) is 0 Å². The number of guanidine groups is 1. The number of carbonyl (C=O) groups excluding carboxylic acids is 11. The molecule has 0 bridgehead atoms. The van der Waals surface area contributed by atoms with Crippen molar-refractivity contribution in [3.8, 4) is 5.75 Å². The first-order valence-electron chi connectivity index (χ1n) is 28.5. The van der Waals surface area contributed by atoms with E-state index in [0.29, 0.717) is 17.5 Å². The van der Waals surface area contributed by atoms with Crippen molar-refractivity contribution in [2.45, 2.75) is 133 Å². The highest BCUT2D eigenvalue weighted by atomic mass is 16.5. The van der Waals surface area contributed by atoms with Crippen molar-refractivity contribution in [1.82, 2.24) is 41.8 Å². The van der Waals surface area contributed by atoms with Crippen molar-refractivity contribution >= 4 is 81.5 Å².